The highest BCUT2D eigenvalue weighted by Gasteiger charge is 2.34. The third-order valence-electron chi connectivity index (χ3n) is 4.59. The zero-order valence-corrected chi connectivity index (χ0v) is 14.5. The lowest BCUT2D eigenvalue weighted by Crippen LogP contribution is -2.49. The monoisotopic (exact) mass is 355 g/mol. The van der Waals surface area contributed by atoms with Crippen LogP contribution in [0, 0.1) is 0 Å². The molecule has 3 rings (SSSR count). The van der Waals surface area contributed by atoms with Crippen LogP contribution in [0.15, 0.2) is 36.4 Å². The minimum absolute atomic E-state index is 0.153. The number of nitrogens with two attached hydrogens (primary N) is 1. The Bertz CT molecular complexity index is 865. The third-order valence-corrected chi connectivity index (χ3v) is 4.59. The highest BCUT2D eigenvalue weighted by molar-refractivity contribution is 6.09. The molecule has 3 amide bonds. The molecule has 7 nitrogen and oxygen atoms in total. The quantitative estimate of drug-likeness (QED) is 0.799. The summed E-state index contributed by atoms with van der Waals surface area (Å²) in [6.45, 7) is 0.325. The molecule has 1 atom stereocenters. The van der Waals surface area contributed by atoms with Crippen LogP contribution in [0.4, 0.5) is 0 Å². The zero-order valence-electron chi connectivity index (χ0n) is 14.5. The van der Waals surface area contributed by atoms with Crippen molar-refractivity contribution in [2.75, 3.05) is 20.2 Å². The van der Waals surface area contributed by atoms with E-state index in [-0.39, 0.29) is 12.5 Å². The van der Waals surface area contributed by atoms with Gasteiger partial charge in [0.05, 0.1) is 13.7 Å². The average Bonchev–Trinajstić information content (AvgIpc) is 3.16. The Morgan fingerprint density at radius 2 is 2.04 bits per heavy atom. The van der Waals surface area contributed by atoms with Crippen LogP contribution >= 0.6 is 0 Å². The van der Waals surface area contributed by atoms with E-state index in [0.717, 1.165) is 10.8 Å². The number of nitrogens with zero attached hydrogens (tertiary/aromatic N) is 1. The molecule has 26 heavy (non-hydrogen) atoms. The van der Waals surface area contributed by atoms with Crippen molar-refractivity contribution in [1.82, 2.24) is 10.2 Å². The molecule has 0 radical (unpaired) electrons. The van der Waals surface area contributed by atoms with Gasteiger partial charge in [0.1, 0.15) is 11.8 Å². The molecule has 1 unspecified atom stereocenters. The van der Waals surface area contributed by atoms with Crippen molar-refractivity contribution < 1.29 is 19.1 Å². The van der Waals surface area contributed by atoms with E-state index in [2.05, 4.69) is 5.32 Å². The Morgan fingerprint density at radius 3 is 2.77 bits per heavy atom. The van der Waals surface area contributed by atoms with Gasteiger partial charge in [-0.2, -0.15) is 0 Å². The molecule has 0 aliphatic carbocycles. The summed E-state index contributed by atoms with van der Waals surface area (Å²) >= 11 is 0. The van der Waals surface area contributed by atoms with Gasteiger partial charge >= 0.3 is 0 Å². The van der Waals surface area contributed by atoms with E-state index in [4.69, 9.17) is 10.5 Å². The predicted molar refractivity (Wildman–Crippen MR) is 96.8 cm³/mol. The lowest BCUT2D eigenvalue weighted by Gasteiger charge is -2.23. The topological polar surface area (TPSA) is 102 Å². The van der Waals surface area contributed by atoms with Crippen LogP contribution in [0.25, 0.3) is 10.8 Å². The van der Waals surface area contributed by atoms with Crippen molar-refractivity contribution >= 4 is 28.5 Å². The maximum absolute atomic E-state index is 12.6. The number of likely N-dealkylation sites (tertiary alicyclic amines) is 1. The first-order chi connectivity index (χ1) is 12.5. The Labute approximate surface area is 151 Å². The molecule has 0 bridgehead atoms. The summed E-state index contributed by atoms with van der Waals surface area (Å²) in [5, 5.41) is 4.12. The van der Waals surface area contributed by atoms with E-state index in [1.165, 1.54) is 12.0 Å². The minimum atomic E-state index is -0.655. The van der Waals surface area contributed by atoms with Gasteiger partial charge in [-0.3, -0.25) is 19.7 Å². The highest BCUT2D eigenvalue weighted by atomic mass is 16.5. The number of methoxy groups -OCH3 is 1. The second-order valence-corrected chi connectivity index (χ2v) is 6.17. The Hall–Kier alpha value is -2.93. The molecule has 0 spiro atoms. The molecular formula is C19H21N3O4. The largest absolute Gasteiger partial charge is 0.496 e. The lowest BCUT2D eigenvalue weighted by molar-refractivity contribution is -0.137. The van der Waals surface area contributed by atoms with Crippen LogP contribution in [0.2, 0.25) is 0 Å². The predicted octanol–water partition coefficient (Wildman–Crippen LogP) is 1.05. The van der Waals surface area contributed by atoms with Crippen molar-refractivity contribution in [2.24, 2.45) is 5.73 Å². The molecule has 1 aliphatic rings. The van der Waals surface area contributed by atoms with Crippen LogP contribution in [-0.2, 0) is 9.59 Å². The Kier molecular flexibility index (Phi) is 5.18. The number of ether oxygens (including phenoxy) is 1. The number of rotatable bonds is 4. The van der Waals surface area contributed by atoms with Crippen molar-refractivity contribution in [2.45, 2.75) is 18.9 Å². The van der Waals surface area contributed by atoms with E-state index in [1.807, 2.05) is 24.3 Å². The fraction of sp³-hybridized carbons (Fsp3) is 0.316. The number of carbonyl (C=O) groups is 3. The first-order valence-electron chi connectivity index (χ1n) is 8.46. The molecular weight excluding hydrogens is 334 g/mol. The van der Waals surface area contributed by atoms with Crippen LogP contribution in [0.5, 0.6) is 5.75 Å². The molecule has 0 saturated carbocycles. The van der Waals surface area contributed by atoms with Crippen LogP contribution in [0.1, 0.15) is 23.2 Å². The average molecular weight is 355 g/mol. The fourth-order valence-corrected chi connectivity index (χ4v) is 3.30. The normalized spacial score (nSPS) is 16.5. The smallest absolute Gasteiger partial charge is 0.258 e. The van der Waals surface area contributed by atoms with Gasteiger partial charge < -0.3 is 15.4 Å². The standard InChI is InChI=1S/C19H21N3O4/c1-26-16-10-13(9-12-5-2-3-6-14(12)16)18(24)21-19(25)15-7-4-8-22(15)17(23)11-20/h2-3,5-6,9-10,15H,4,7-8,11,20H2,1H3,(H,21,24,25). The number of hydrogen-bond donors (Lipinski definition) is 2. The van der Waals surface area contributed by atoms with Crippen LogP contribution in [0.3, 0.4) is 0 Å². The molecule has 136 valence electrons. The number of amides is 3. The molecule has 2 aromatic rings. The Balaban J connectivity index is 1.80. The maximum atomic E-state index is 12.6. The molecule has 3 N–H and O–H groups in total. The number of nitrogens with one attached hydrogen (secondary N) is 1. The molecule has 2 aromatic carbocycles. The van der Waals surface area contributed by atoms with Gasteiger partial charge in [-0.1, -0.05) is 24.3 Å². The van der Waals surface area contributed by atoms with Crippen molar-refractivity contribution in [3.63, 3.8) is 0 Å². The van der Waals surface area contributed by atoms with Gasteiger partial charge in [-0.05, 0) is 30.4 Å². The Morgan fingerprint density at radius 1 is 1.27 bits per heavy atom. The van der Waals surface area contributed by atoms with Gasteiger partial charge in [0.2, 0.25) is 11.8 Å². The number of benzene rings is 2. The molecule has 1 aliphatic heterocycles. The van der Waals surface area contributed by atoms with Gasteiger partial charge in [0.15, 0.2) is 0 Å². The number of hydrogen-bond acceptors (Lipinski definition) is 5. The summed E-state index contributed by atoms with van der Waals surface area (Å²) in [5.41, 5.74) is 5.71. The summed E-state index contributed by atoms with van der Waals surface area (Å²) in [6, 6.07) is 10.2. The van der Waals surface area contributed by atoms with E-state index < -0.39 is 17.9 Å². The van der Waals surface area contributed by atoms with Crippen LogP contribution < -0.4 is 15.8 Å². The van der Waals surface area contributed by atoms with Crippen molar-refractivity contribution in [3.05, 3.63) is 42.0 Å². The van der Waals surface area contributed by atoms with Gasteiger partial charge in [0, 0.05) is 17.5 Å². The number of fused-ring (bicyclic) bond motifs is 1. The number of carbonyl (C=O) groups excluding carboxylic acids is 3. The molecule has 1 saturated heterocycles. The molecule has 1 heterocycles. The van der Waals surface area contributed by atoms with Crippen molar-refractivity contribution in [1.29, 1.82) is 0 Å². The summed E-state index contributed by atoms with van der Waals surface area (Å²) in [7, 11) is 1.53. The van der Waals surface area contributed by atoms with Crippen LogP contribution in [-0.4, -0.2) is 48.9 Å². The van der Waals surface area contributed by atoms with Gasteiger partial charge in [0.25, 0.3) is 5.91 Å². The second kappa shape index (κ2) is 7.53. The maximum Gasteiger partial charge on any atom is 0.258 e. The lowest BCUT2D eigenvalue weighted by atomic mass is 10.1. The minimum Gasteiger partial charge on any atom is -0.496 e. The van der Waals surface area contributed by atoms with E-state index in [0.29, 0.717) is 30.7 Å². The van der Waals surface area contributed by atoms with E-state index in [1.54, 1.807) is 12.1 Å². The molecule has 0 aromatic heterocycles. The highest BCUT2D eigenvalue weighted by Crippen LogP contribution is 2.27. The zero-order chi connectivity index (χ0) is 18.7. The first kappa shape index (κ1) is 17.9. The third kappa shape index (κ3) is 3.39. The second-order valence-electron chi connectivity index (χ2n) is 6.17. The molecule has 1 fully saturated rings. The first-order valence-corrected chi connectivity index (χ1v) is 8.46. The summed E-state index contributed by atoms with van der Waals surface area (Å²) in [6.07, 6.45) is 1.23. The summed E-state index contributed by atoms with van der Waals surface area (Å²) in [4.78, 5) is 38.3. The fourth-order valence-electron chi connectivity index (χ4n) is 3.30. The number of imide groups is 1. The summed E-state index contributed by atoms with van der Waals surface area (Å²) in [5.74, 6) is -0.739. The van der Waals surface area contributed by atoms with Gasteiger partial charge in [-0.25, -0.2) is 0 Å². The summed E-state index contributed by atoms with van der Waals surface area (Å²) < 4.78 is 5.35. The molecule has 7 heteroatoms. The van der Waals surface area contributed by atoms with Crippen molar-refractivity contribution in [3.8, 4) is 5.75 Å². The SMILES string of the molecule is COc1cc(C(=O)NC(=O)C2CCCN2C(=O)CN)cc2ccccc12. The van der Waals surface area contributed by atoms with E-state index in [9.17, 15) is 14.4 Å². The van der Waals surface area contributed by atoms with Gasteiger partial charge in [-0.15, -0.1) is 0 Å². The van der Waals surface area contributed by atoms with E-state index >= 15 is 0 Å².